The summed E-state index contributed by atoms with van der Waals surface area (Å²) in [7, 11) is 1.51. The van der Waals surface area contributed by atoms with E-state index in [1.54, 1.807) is 53.1 Å². The molecule has 2 N–H and O–H groups in total. The molecule has 0 aliphatic carbocycles. The summed E-state index contributed by atoms with van der Waals surface area (Å²) in [4.78, 5) is 16.9. The third-order valence-corrected chi connectivity index (χ3v) is 5.56. The number of benzene rings is 3. The van der Waals surface area contributed by atoms with E-state index in [0.29, 0.717) is 33.9 Å². The van der Waals surface area contributed by atoms with Crippen LogP contribution in [0, 0.1) is 0 Å². The third-order valence-electron chi connectivity index (χ3n) is 5.56. The van der Waals surface area contributed by atoms with Crippen LogP contribution in [-0.2, 0) is 19.3 Å². The van der Waals surface area contributed by atoms with Crippen LogP contribution in [0.5, 0.6) is 11.5 Å². The number of aliphatic hydroxyl groups is 1. The van der Waals surface area contributed by atoms with Crippen LogP contribution >= 0.6 is 0 Å². The number of alkyl halides is 3. The van der Waals surface area contributed by atoms with Crippen LogP contribution in [-0.4, -0.2) is 40.8 Å². The zero-order valence-electron chi connectivity index (χ0n) is 19.4. The molecule has 0 radical (unpaired) electrons. The van der Waals surface area contributed by atoms with E-state index < -0.39 is 17.6 Å². The Morgan fingerprint density at radius 3 is 2.50 bits per heavy atom. The lowest BCUT2D eigenvalue weighted by molar-refractivity contribution is -0.138. The van der Waals surface area contributed by atoms with Crippen molar-refractivity contribution >= 4 is 16.9 Å². The van der Waals surface area contributed by atoms with E-state index in [4.69, 9.17) is 14.6 Å². The van der Waals surface area contributed by atoms with Gasteiger partial charge in [0.05, 0.1) is 36.9 Å². The molecule has 0 fully saturated rings. The van der Waals surface area contributed by atoms with Crippen molar-refractivity contribution in [2.24, 2.45) is 0 Å². The van der Waals surface area contributed by atoms with Crippen LogP contribution in [0.4, 0.5) is 13.2 Å². The molecule has 0 spiro atoms. The lowest BCUT2D eigenvalue weighted by Crippen LogP contribution is -2.26. The Morgan fingerprint density at radius 2 is 1.78 bits per heavy atom. The molecule has 7 nitrogen and oxygen atoms in total. The summed E-state index contributed by atoms with van der Waals surface area (Å²) >= 11 is 0. The molecule has 0 unspecified atom stereocenters. The highest BCUT2D eigenvalue weighted by molar-refractivity contribution is 5.97. The predicted molar refractivity (Wildman–Crippen MR) is 127 cm³/mol. The van der Waals surface area contributed by atoms with Crippen molar-refractivity contribution in [3.63, 3.8) is 0 Å². The Morgan fingerprint density at radius 1 is 1.06 bits per heavy atom. The van der Waals surface area contributed by atoms with Crippen LogP contribution in [0.25, 0.3) is 11.0 Å². The second-order valence-electron chi connectivity index (χ2n) is 7.89. The van der Waals surface area contributed by atoms with Gasteiger partial charge in [0.2, 0.25) is 0 Å². The van der Waals surface area contributed by atoms with Gasteiger partial charge in [0.15, 0.2) is 11.5 Å². The number of hydrogen-bond acceptors (Lipinski definition) is 5. The van der Waals surface area contributed by atoms with Gasteiger partial charge in [-0.15, -0.1) is 0 Å². The normalized spacial score (nSPS) is 11.5. The minimum absolute atomic E-state index is 0.0463. The minimum Gasteiger partial charge on any atom is -0.493 e. The average Bonchev–Trinajstić information content (AvgIpc) is 3.22. The number of halogens is 3. The molecule has 0 atom stereocenters. The summed E-state index contributed by atoms with van der Waals surface area (Å²) < 4.78 is 53.8. The van der Waals surface area contributed by atoms with Crippen LogP contribution in [0.15, 0.2) is 66.7 Å². The minimum atomic E-state index is -4.51. The second-order valence-corrected chi connectivity index (χ2v) is 7.89. The average molecular weight is 499 g/mol. The molecule has 1 heterocycles. The maximum atomic E-state index is 13.7. The number of ether oxygens (including phenoxy) is 2. The van der Waals surface area contributed by atoms with Gasteiger partial charge in [-0.05, 0) is 42.0 Å². The first-order valence-electron chi connectivity index (χ1n) is 11.1. The number of hydrogen-bond donors (Lipinski definition) is 2. The lowest BCUT2D eigenvalue weighted by Gasteiger charge is -2.16. The fourth-order valence-corrected chi connectivity index (χ4v) is 3.86. The molecule has 4 rings (SSSR count). The molecule has 36 heavy (non-hydrogen) atoms. The Hall–Kier alpha value is -4.05. The molecule has 0 saturated carbocycles. The maximum Gasteiger partial charge on any atom is 0.416 e. The van der Waals surface area contributed by atoms with E-state index in [2.05, 4.69) is 10.3 Å². The number of carbonyl (C=O) groups is 1. The molecular formula is C26H24F3N3O4. The summed E-state index contributed by atoms with van der Waals surface area (Å²) in [5, 5.41) is 11.5. The van der Waals surface area contributed by atoms with Gasteiger partial charge in [-0.25, -0.2) is 4.98 Å². The number of imidazole rings is 1. The Balaban J connectivity index is 1.75. The third kappa shape index (κ3) is 5.44. The van der Waals surface area contributed by atoms with Gasteiger partial charge in [-0.2, -0.15) is 13.2 Å². The molecule has 3 aromatic carbocycles. The number of aromatic nitrogens is 2. The van der Waals surface area contributed by atoms with E-state index >= 15 is 0 Å². The molecule has 0 bridgehead atoms. The van der Waals surface area contributed by atoms with Crippen molar-refractivity contribution in [1.82, 2.24) is 14.9 Å². The van der Waals surface area contributed by atoms with Gasteiger partial charge < -0.3 is 24.5 Å². The predicted octanol–water partition coefficient (Wildman–Crippen LogP) is 4.41. The number of methoxy groups -OCH3 is 1. The van der Waals surface area contributed by atoms with Gasteiger partial charge in [0, 0.05) is 12.1 Å². The van der Waals surface area contributed by atoms with Crippen molar-refractivity contribution < 1.29 is 32.5 Å². The first-order valence-corrected chi connectivity index (χ1v) is 11.1. The molecule has 1 amide bonds. The molecule has 4 aromatic rings. The fraction of sp³-hybridized carbons (Fsp3) is 0.231. The highest BCUT2D eigenvalue weighted by Crippen LogP contribution is 2.33. The molecule has 0 saturated heterocycles. The Bertz CT molecular complexity index is 1370. The summed E-state index contributed by atoms with van der Waals surface area (Å²) in [6.07, 6.45) is -4.51. The van der Waals surface area contributed by atoms with Crippen molar-refractivity contribution in [2.75, 3.05) is 20.3 Å². The van der Waals surface area contributed by atoms with Crippen molar-refractivity contribution in [2.45, 2.75) is 19.3 Å². The topological polar surface area (TPSA) is 85.6 Å². The summed E-state index contributed by atoms with van der Waals surface area (Å²) in [5.74, 6) is 0.944. The number of carbonyl (C=O) groups excluding carboxylic acids is 1. The zero-order valence-corrected chi connectivity index (χ0v) is 19.4. The number of rotatable bonds is 9. The maximum absolute atomic E-state index is 13.7. The molecule has 1 aromatic heterocycles. The highest BCUT2D eigenvalue weighted by atomic mass is 19.4. The second kappa shape index (κ2) is 10.7. The van der Waals surface area contributed by atoms with Gasteiger partial charge >= 0.3 is 6.18 Å². The molecular weight excluding hydrogens is 475 g/mol. The van der Waals surface area contributed by atoms with Gasteiger partial charge in [0.25, 0.3) is 5.91 Å². The van der Waals surface area contributed by atoms with Crippen molar-refractivity contribution in [3.8, 4) is 11.5 Å². The number of fused-ring (bicyclic) bond motifs is 1. The summed E-state index contributed by atoms with van der Waals surface area (Å²) in [6, 6.07) is 17.1. The summed E-state index contributed by atoms with van der Waals surface area (Å²) in [6.45, 7) is -0.259. The largest absolute Gasteiger partial charge is 0.493 e. The number of amides is 1. The first-order chi connectivity index (χ1) is 17.3. The number of nitrogens with one attached hydrogen (secondary N) is 1. The van der Waals surface area contributed by atoms with E-state index in [-0.39, 0.29) is 31.9 Å². The van der Waals surface area contributed by atoms with Gasteiger partial charge in [-0.1, -0.05) is 30.3 Å². The van der Waals surface area contributed by atoms with Crippen LogP contribution in [0.1, 0.15) is 27.3 Å². The Kier molecular flexibility index (Phi) is 7.44. The van der Waals surface area contributed by atoms with E-state index in [9.17, 15) is 18.0 Å². The van der Waals surface area contributed by atoms with Crippen LogP contribution in [0.3, 0.4) is 0 Å². The zero-order chi connectivity index (χ0) is 25.7. The van der Waals surface area contributed by atoms with Crippen molar-refractivity contribution in [3.05, 3.63) is 89.2 Å². The number of aliphatic hydroxyl groups excluding tert-OH is 1. The summed E-state index contributed by atoms with van der Waals surface area (Å²) in [5.41, 5.74) is 0.628. The number of para-hydroxylation sites is 2. The van der Waals surface area contributed by atoms with Crippen molar-refractivity contribution in [1.29, 1.82) is 0 Å². The SMILES string of the molecule is COc1ccccc1OCc1nc2cc(C(=O)NCCO)ccc2n1Cc1ccccc1C(F)(F)F. The quantitative estimate of drug-likeness (QED) is 0.356. The fourth-order valence-electron chi connectivity index (χ4n) is 3.86. The van der Waals surface area contributed by atoms with Crippen LogP contribution in [0.2, 0.25) is 0 Å². The highest BCUT2D eigenvalue weighted by Gasteiger charge is 2.33. The Labute approximate surface area is 205 Å². The van der Waals surface area contributed by atoms with Crippen LogP contribution < -0.4 is 14.8 Å². The monoisotopic (exact) mass is 499 g/mol. The van der Waals surface area contributed by atoms with E-state index in [1.165, 1.54) is 19.2 Å². The van der Waals surface area contributed by atoms with E-state index in [1.807, 2.05) is 0 Å². The van der Waals surface area contributed by atoms with Gasteiger partial charge in [0.1, 0.15) is 12.4 Å². The first kappa shape index (κ1) is 25.1. The molecule has 0 aliphatic rings. The van der Waals surface area contributed by atoms with E-state index in [0.717, 1.165) is 6.07 Å². The molecule has 10 heteroatoms. The standard InChI is InChI=1S/C26H24F3N3O4/c1-35-22-8-4-5-9-23(22)36-16-24-31-20-14-17(25(34)30-12-13-33)10-11-21(20)32(24)15-18-6-2-3-7-19(18)26(27,28)29/h2-11,14,33H,12-13,15-16H2,1H3,(H,30,34). The number of nitrogens with zero attached hydrogens (tertiary/aromatic N) is 2. The molecule has 0 aliphatic heterocycles. The van der Waals surface area contributed by atoms with Gasteiger partial charge in [-0.3, -0.25) is 4.79 Å². The lowest BCUT2D eigenvalue weighted by atomic mass is 10.1. The smallest absolute Gasteiger partial charge is 0.416 e. The molecule has 188 valence electrons.